The highest BCUT2D eigenvalue weighted by Gasteiger charge is 2.15. The average Bonchev–Trinajstić information content (AvgIpc) is 3.19. The third-order valence-corrected chi connectivity index (χ3v) is 3.84. The van der Waals surface area contributed by atoms with Gasteiger partial charge in [-0.1, -0.05) is 12.1 Å². The molecule has 3 rings (SSSR count). The highest BCUT2D eigenvalue weighted by molar-refractivity contribution is 5.91. The van der Waals surface area contributed by atoms with Crippen LogP contribution in [0.25, 0.3) is 11.3 Å². The maximum atomic E-state index is 12.0. The number of nitrogens with one attached hydrogen (secondary N) is 3. The smallest absolute Gasteiger partial charge is 0.224 e. The Morgan fingerprint density at radius 1 is 1.36 bits per heavy atom. The highest BCUT2D eigenvalue weighted by atomic mass is 35.5. The summed E-state index contributed by atoms with van der Waals surface area (Å²) in [5, 5.41) is 13.2. The first kappa shape index (κ1) is 16.5. The lowest BCUT2D eigenvalue weighted by Gasteiger charge is -2.10. The van der Waals surface area contributed by atoms with Crippen molar-refractivity contribution in [2.24, 2.45) is 0 Å². The van der Waals surface area contributed by atoms with Crippen LogP contribution in [0.1, 0.15) is 25.7 Å². The molecule has 1 unspecified atom stereocenters. The molecule has 6 heteroatoms. The second-order valence-corrected chi connectivity index (χ2v) is 5.43. The van der Waals surface area contributed by atoms with Gasteiger partial charge < -0.3 is 10.6 Å². The van der Waals surface area contributed by atoms with Gasteiger partial charge in [0.15, 0.2) is 0 Å². The lowest BCUT2D eigenvalue weighted by Crippen LogP contribution is -2.23. The molecule has 22 heavy (non-hydrogen) atoms. The van der Waals surface area contributed by atoms with Crippen LogP contribution in [-0.4, -0.2) is 28.7 Å². The van der Waals surface area contributed by atoms with Gasteiger partial charge in [0.25, 0.3) is 0 Å². The van der Waals surface area contributed by atoms with E-state index in [4.69, 9.17) is 0 Å². The van der Waals surface area contributed by atoms with Crippen molar-refractivity contribution >= 4 is 24.0 Å². The van der Waals surface area contributed by atoms with Crippen LogP contribution >= 0.6 is 12.4 Å². The molecule has 2 heterocycles. The molecule has 0 saturated carbocycles. The van der Waals surface area contributed by atoms with Crippen molar-refractivity contribution in [2.75, 3.05) is 11.9 Å². The van der Waals surface area contributed by atoms with Gasteiger partial charge in [0, 0.05) is 29.9 Å². The van der Waals surface area contributed by atoms with E-state index in [0.717, 1.165) is 29.9 Å². The third kappa shape index (κ3) is 4.32. The molecular weight excluding hydrogens is 300 g/mol. The molecule has 1 aromatic heterocycles. The molecule has 1 amide bonds. The Morgan fingerprint density at radius 2 is 2.27 bits per heavy atom. The number of aromatic nitrogens is 2. The number of carbonyl (C=O) groups is 1. The number of aromatic amines is 1. The summed E-state index contributed by atoms with van der Waals surface area (Å²) < 4.78 is 0. The number of benzene rings is 1. The van der Waals surface area contributed by atoms with E-state index >= 15 is 0 Å². The van der Waals surface area contributed by atoms with Gasteiger partial charge in [-0.25, -0.2) is 0 Å². The first-order valence-electron chi connectivity index (χ1n) is 7.44. The fraction of sp³-hybridized carbons (Fsp3) is 0.375. The zero-order valence-electron chi connectivity index (χ0n) is 12.3. The largest absolute Gasteiger partial charge is 0.326 e. The van der Waals surface area contributed by atoms with Crippen molar-refractivity contribution in [1.29, 1.82) is 0 Å². The third-order valence-electron chi connectivity index (χ3n) is 3.84. The summed E-state index contributed by atoms with van der Waals surface area (Å²) in [4.78, 5) is 12.0. The fourth-order valence-corrected chi connectivity index (χ4v) is 2.71. The fourth-order valence-electron chi connectivity index (χ4n) is 2.71. The summed E-state index contributed by atoms with van der Waals surface area (Å²) in [6.07, 6.45) is 5.59. The molecule has 1 aliphatic heterocycles. The van der Waals surface area contributed by atoms with Gasteiger partial charge in [0.1, 0.15) is 0 Å². The lowest BCUT2D eigenvalue weighted by atomic mass is 10.1. The number of carbonyl (C=O) groups excluding carboxylic acids is 1. The molecule has 1 atom stereocenters. The lowest BCUT2D eigenvalue weighted by molar-refractivity contribution is -0.116. The van der Waals surface area contributed by atoms with Crippen LogP contribution in [-0.2, 0) is 4.79 Å². The topological polar surface area (TPSA) is 69.8 Å². The van der Waals surface area contributed by atoms with E-state index in [2.05, 4.69) is 20.8 Å². The second kappa shape index (κ2) is 7.96. The zero-order valence-corrected chi connectivity index (χ0v) is 13.2. The predicted molar refractivity (Wildman–Crippen MR) is 90.2 cm³/mol. The molecule has 3 N–H and O–H groups in total. The predicted octanol–water partition coefficient (Wildman–Crippen LogP) is 2.97. The van der Waals surface area contributed by atoms with Crippen molar-refractivity contribution < 1.29 is 4.79 Å². The molecule has 0 aliphatic carbocycles. The van der Waals surface area contributed by atoms with Crippen LogP contribution in [0, 0.1) is 0 Å². The second-order valence-electron chi connectivity index (χ2n) is 5.43. The molecule has 2 aromatic rings. The summed E-state index contributed by atoms with van der Waals surface area (Å²) in [6, 6.07) is 10.2. The van der Waals surface area contributed by atoms with E-state index in [9.17, 15) is 4.79 Å². The van der Waals surface area contributed by atoms with E-state index in [-0.39, 0.29) is 18.3 Å². The summed E-state index contributed by atoms with van der Waals surface area (Å²) in [5.41, 5.74) is 2.79. The molecule has 0 bridgehead atoms. The number of hydrogen-bond donors (Lipinski definition) is 3. The van der Waals surface area contributed by atoms with Crippen molar-refractivity contribution in [1.82, 2.24) is 15.5 Å². The molecular formula is C16H21ClN4O. The Hall–Kier alpha value is -1.85. The Balaban J connectivity index is 0.00000176. The monoisotopic (exact) mass is 320 g/mol. The van der Waals surface area contributed by atoms with Crippen molar-refractivity contribution in [3.05, 3.63) is 36.5 Å². The van der Waals surface area contributed by atoms with E-state index in [1.54, 1.807) is 6.20 Å². The summed E-state index contributed by atoms with van der Waals surface area (Å²) >= 11 is 0. The molecule has 1 fully saturated rings. The van der Waals surface area contributed by atoms with Crippen LogP contribution in [0.3, 0.4) is 0 Å². The summed E-state index contributed by atoms with van der Waals surface area (Å²) in [5.74, 6) is 0.0745. The van der Waals surface area contributed by atoms with Gasteiger partial charge in [-0.05, 0) is 44.0 Å². The number of halogens is 1. The summed E-state index contributed by atoms with van der Waals surface area (Å²) in [6.45, 7) is 1.08. The summed E-state index contributed by atoms with van der Waals surface area (Å²) in [7, 11) is 0. The van der Waals surface area contributed by atoms with Gasteiger partial charge >= 0.3 is 0 Å². The van der Waals surface area contributed by atoms with Crippen molar-refractivity contribution in [2.45, 2.75) is 31.7 Å². The zero-order chi connectivity index (χ0) is 14.5. The molecule has 1 saturated heterocycles. The van der Waals surface area contributed by atoms with Gasteiger partial charge in [0.2, 0.25) is 5.91 Å². The van der Waals surface area contributed by atoms with Crippen molar-refractivity contribution in [3.8, 4) is 11.3 Å². The van der Waals surface area contributed by atoms with Gasteiger partial charge in [-0.3, -0.25) is 9.89 Å². The molecule has 0 radical (unpaired) electrons. The minimum Gasteiger partial charge on any atom is -0.326 e. The Morgan fingerprint density at radius 3 is 3.00 bits per heavy atom. The normalized spacial score (nSPS) is 17.0. The molecule has 118 valence electrons. The molecule has 1 aromatic carbocycles. The average molecular weight is 321 g/mol. The minimum atomic E-state index is 0. The van der Waals surface area contributed by atoms with E-state index < -0.39 is 0 Å². The number of amides is 1. The van der Waals surface area contributed by atoms with E-state index in [1.807, 2.05) is 30.3 Å². The molecule has 1 aliphatic rings. The van der Waals surface area contributed by atoms with Gasteiger partial charge in [-0.2, -0.15) is 5.10 Å². The number of hydrogen-bond acceptors (Lipinski definition) is 3. The maximum absolute atomic E-state index is 12.0. The standard InChI is InChI=1S/C16H20N4O.ClH/c21-16(7-6-13-5-2-9-17-13)19-14-4-1-3-12(11-14)15-8-10-18-20-15;/h1,3-4,8,10-11,13,17H,2,5-7,9H2,(H,18,20)(H,19,21);1H. The Bertz CT molecular complexity index is 594. The van der Waals surface area contributed by atoms with Crippen LogP contribution in [0.15, 0.2) is 36.5 Å². The number of rotatable bonds is 5. The molecule has 0 spiro atoms. The quantitative estimate of drug-likeness (QED) is 0.793. The van der Waals surface area contributed by atoms with Crippen LogP contribution in [0.5, 0.6) is 0 Å². The van der Waals surface area contributed by atoms with Gasteiger partial charge in [-0.15, -0.1) is 12.4 Å². The van der Waals surface area contributed by atoms with Crippen LogP contribution in [0.2, 0.25) is 0 Å². The molecule has 5 nitrogen and oxygen atoms in total. The van der Waals surface area contributed by atoms with Crippen LogP contribution < -0.4 is 10.6 Å². The first-order valence-corrected chi connectivity index (χ1v) is 7.44. The Kier molecular flexibility index (Phi) is 5.98. The first-order chi connectivity index (χ1) is 10.3. The van der Waals surface area contributed by atoms with Crippen molar-refractivity contribution in [3.63, 3.8) is 0 Å². The number of nitrogens with zero attached hydrogens (tertiary/aromatic N) is 1. The van der Waals surface area contributed by atoms with Gasteiger partial charge in [0.05, 0.1) is 5.69 Å². The van der Waals surface area contributed by atoms with E-state index in [0.29, 0.717) is 12.5 Å². The van der Waals surface area contributed by atoms with E-state index in [1.165, 1.54) is 12.8 Å². The Labute approximate surface area is 136 Å². The minimum absolute atomic E-state index is 0. The highest BCUT2D eigenvalue weighted by Crippen LogP contribution is 2.20. The number of H-pyrrole nitrogens is 1. The SMILES string of the molecule is Cl.O=C(CCC1CCCN1)Nc1cccc(-c2ccn[nH]2)c1. The number of anilines is 1. The van der Waals surface area contributed by atoms with Crippen LogP contribution in [0.4, 0.5) is 5.69 Å². The maximum Gasteiger partial charge on any atom is 0.224 e.